The monoisotopic (exact) mass is 408 g/mol. The van der Waals surface area contributed by atoms with E-state index in [1.54, 1.807) is 61.0 Å². The molecule has 0 spiro atoms. The van der Waals surface area contributed by atoms with Gasteiger partial charge < -0.3 is 4.42 Å². The van der Waals surface area contributed by atoms with Crippen molar-refractivity contribution in [3.63, 3.8) is 0 Å². The highest BCUT2D eigenvalue weighted by atomic mass is 32.2. The fraction of sp³-hybridized carbons (Fsp3) is 0.0455. The lowest BCUT2D eigenvalue weighted by atomic mass is 10.1. The van der Waals surface area contributed by atoms with E-state index in [-0.39, 0.29) is 17.3 Å². The first-order valence-corrected chi connectivity index (χ1v) is 10.3. The molecule has 2 heterocycles. The SMILES string of the molecule is O=S(=O)(NCc1ccnc(-c2ccco2)c1)c1ccc(-c2ccc(F)cc2)cc1. The Balaban J connectivity index is 1.48. The smallest absolute Gasteiger partial charge is 0.240 e. The summed E-state index contributed by atoms with van der Waals surface area (Å²) in [6, 6.07) is 19.6. The largest absolute Gasteiger partial charge is 0.463 e. The second-order valence-electron chi connectivity index (χ2n) is 6.38. The number of benzene rings is 2. The number of rotatable bonds is 6. The molecule has 0 amide bonds. The maximum atomic E-state index is 13.1. The van der Waals surface area contributed by atoms with Gasteiger partial charge in [-0.05, 0) is 65.2 Å². The van der Waals surface area contributed by atoms with E-state index < -0.39 is 10.0 Å². The van der Waals surface area contributed by atoms with Gasteiger partial charge in [-0.25, -0.2) is 17.5 Å². The third-order valence-corrected chi connectivity index (χ3v) is 5.82. The van der Waals surface area contributed by atoms with E-state index >= 15 is 0 Å². The summed E-state index contributed by atoms with van der Waals surface area (Å²) < 4.78 is 46.2. The Bertz CT molecular complexity index is 1200. The van der Waals surface area contributed by atoms with Crippen LogP contribution in [0, 0.1) is 5.82 Å². The van der Waals surface area contributed by atoms with Gasteiger partial charge in [-0.2, -0.15) is 0 Å². The lowest BCUT2D eigenvalue weighted by Gasteiger charge is -2.09. The molecular formula is C22H17FN2O3S. The lowest BCUT2D eigenvalue weighted by Crippen LogP contribution is -2.23. The molecule has 0 radical (unpaired) electrons. The first kappa shape index (κ1) is 19.0. The summed E-state index contributed by atoms with van der Waals surface area (Å²) in [5, 5.41) is 0. The van der Waals surface area contributed by atoms with Crippen molar-refractivity contribution in [3.8, 4) is 22.6 Å². The predicted octanol–water partition coefficient (Wildman–Crippen LogP) is 4.63. The molecule has 0 saturated carbocycles. The minimum atomic E-state index is -3.68. The molecule has 146 valence electrons. The second kappa shape index (κ2) is 7.98. The van der Waals surface area contributed by atoms with Crippen LogP contribution in [0.15, 0.2) is 94.6 Å². The van der Waals surface area contributed by atoms with Crippen LogP contribution in [-0.4, -0.2) is 13.4 Å². The van der Waals surface area contributed by atoms with Crippen LogP contribution in [-0.2, 0) is 16.6 Å². The Hall–Kier alpha value is -3.29. The van der Waals surface area contributed by atoms with Crippen LogP contribution >= 0.6 is 0 Å². The van der Waals surface area contributed by atoms with E-state index in [0.29, 0.717) is 11.5 Å². The molecule has 5 nitrogen and oxygen atoms in total. The Morgan fingerprint density at radius 2 is 1.62 bits per heavy atom. The Labute approximate surface area is 167 Å². The quantitative estimate of drug-likeness (QED) is 0.505. The van der Waals surface area contributed by atoms with Crippen LogP contribution in [0.25, 0.3) is 22.6 Å². The van der Waals surface area contributed by atoms with E-state index in [1.807, 2.05) is 0 Å². The van der Waals surface area contributed by atoms with Crippen molar-refractivity contribution in [3.05, 3.63) is 96.6 Å². The fourth-order valence-corrected chi connectivity index (χ4v) is 3.89. The van der Waals surface area contributed by atoms with Crippen molar-refractivity contribution >= 4 is 10.0 Å². The summed E-state index contributed by atoms with van der Waals surface area (Å²) in [6.07, 6.45) is 3.17. The molecule has 0 atom stereocenters. The van der Waals surface area contributed by atoms with Crippen LogP contribution < -0.4 is 4.72 Å². The molecule has 4 aromatic rings. The van der Waals surface area contributed by atoms with E-state index in [0.717, 1.165) is 16.7 Å². The molecule has 0 bridgehead atoms. The maximum Gasteiger partial charge on any atom is 0.240 e. The zero-order valence-electron chi connectivity index (χ0n) is 15.2. The number of nitrogens with zero attached hydrogens (tertiary/aromatic N) is 1. The minimum absolute atomic E-state index is 0.123. The van der Waals surface area contributed by atoms with Gasteiger partial charge in [0.25, 0.3) is 0 Å². The van der Waals surface area contributed by atoms with Gasteiger partial charge in [-0.3, -0.25) is 4.98 Å². The zero-order chi connectivity index (χ0) is 20.3. The highest BCUT2D eigenvalue weighted by Gasteiger charge is 2.14. The molecule has 0 aliphatic carbocycles. The molecule has 29 heavy (non-hydrogen) atoms. The number of nitrogens with one attached hydrogen (secondary N) is 1. The average Bonchev–Trinajstić information content (AvgIpc) is 3.28. The van der Waals surface area contributed by atoms with Crippen LogP contribution in [0.5, 0.6) is 0 Å². The molecular weight excluding hydrogens is 391 g/mol. The number of pyridine rings is 1. The number of halogens is 1. The minimum Gasteiger partial charge on any atom is -0.463 e. The second-order valence-corrected chi connectivity index (χ2v) is 8.15. The van der Waals surface area contributed by atoms with Gasteiger partial charge >= 0.3 is 0 Å². The fourth-order valence-electron chi connectivity index (χ4n) is 2.87. The normalized spacial score (nSPS) is 11.5. The Kier molecular flexibility index (Phi) is 5.24. The van der Waals surface area contributed by atoms with E-state index in [2.05, 4.69) is 9.71 Å². The summed E-state index contributed by atoms with van der Waals surface area (Å²) >= 11 is 0. The van der Waals surface area contributed by atoms with Crippen molar-refractivity contribution < 1.29 is 17.2 Å². The molecule has 7 heteroatoms. The molecule has 0 aliphatic heterocycles. The number of aromatic nitrogens is 1. The van der Waals surface area contributed by atoms with Gasteiger partial charge in [0.15, 0.2) is 5.76 Å². The molecule has 0 fully saturated rings. The van der Waals surface area contributed by atoms with Crippen molar-refractivity contribution in [1.82, 2.24) is 9.71 Å². The first-order chi connectivity index (χ1) is 14.0. The summed E-state index contributed by atoms with van der Waals surface area (Å²) in [4.78, 5) is 4.39. The number of sulfonamides is 1. The van der Waals surface area contributed by atoms with Crippen molar-refractivity contribution in [1.29, 1.82) is 0 Å². The zero-order valence-corrected chi connectivity index (χ0v) is 16.1. The Morgan fingerprint density at radius 1 is 0.931 bits per heavy atom. The standard InChI is InChI=1S/C22H17FN2O3S/c23-19-7-3-17(4-8-19)18-5-9-20(10-6-18)29(26,27)25-15-16-11-12-24-21(14-16)22-2-1-13-28-22/h1-14,25H,15H2. The highest BCUT2D eigenvalue weighted by molar-refractivity contribution is 7.89. The maximum absolute atomic E-state index is 13.1. The molecule has 4 rings (SSSR count). The van der Waals surface area contributed by atoms with E-state index in [9.17, 15) is 12.8 Å². The summed E-state index contributed by atoms with van der Waals surface area (Å²) in [5.74, 6) is 0.301. The van der Waals surface area contributed by atoms with Crippen LogP contribution in [0.3, 0.4) is 0 Å². The van der Waals surface area contributed by atoms with E-state index in [1.165, 1.54) is 24.3 Å². The van der Waals surface area contributed by atoms with Crippen LogP contribution in [0.2, 0.25) is 0 Å². The van der Waals surface area contributed by atoms with Gasteiger partial charge in [0.2, 0.25) is 10.0 Å². The number of furan rings is 1. The van der Waals surface area contributed by atoms with Crippen molar-refractivity contribution in [2.24, 2.45) is 0 Å². The molecule has 0 saturated heterocycles. The van der Waals surface area contributed by atoms with Gasteiger partial charge in [0, 0.05) is 12.7 Å². The van der Waals surface area contributed by atoms with Crippen molar-refractivity contribution in [2.75, 3.05) is 0 Å². The Morgan fingerprint density at radius 3 is 2.28 bits per heavy atom. The molecule has 1 N–H and O–H groups in total. The summed E-state index contributed by atoms with van der Waals surface area (Å²) in [6.45, 7) is 0.123. The van der Waals surface area contributed by atoms with Crippen molar-refractivity contribution in [2.45, 2.75) is 11.4 Å². The lowest BCUT2D eigenvalue weighted by molar-refractivity contribution is 0.579. The van der Waals surface area contributed by atoms with Gasteiger partial charge in [-0.1, -0.05) is 24.3 Å². The predicted molar refractivity (Wildman–Crippen MR) is 108 cm³/mol. The van der Waals surface area contributed by atoms with Gasteiger partial charge in [-0.15, -0.1) is 0 Å². The van der Waals surface area contributed by atoms with Gasteiger partial charge in [0.1, 0.15) is 11.5 Å². The first-order valence-electron chi connectivity index (χ1n) is 8.86. The number of hydrogen-bond acceptors (Lipinski definition) is 4. The molecule has 0 unspecified atom stereocenters. The number of hydrogen-bond donors (Lipinski definition) is 1. The van der Waals surface area contributed by atoms with Crippen LogP contribution in [0.4, 0.5) is 4.39 Å². The third kappa shape index (κ3) is 4.42. The summed E-state index contributed by atoms with van der Waals surface area (Å²) in [7, 11) is -3.68. The average molecular weight is 408 g/mol. The van der Waals surface area contributed by atoms with Gasteiger partial charge in [0.05, 0.1) is 11.2 Å². The molecule has 0 aliphatic rings. The topological polar surface area (TPSA) is 72.2 Å². The molecule has 2 aromatic heterocycles. The third-order valence-electron chi connectivity index (χ3n) is 4.41. The van der Waals surface area contributed by atoms with E-state index in [4.69, 9.17) is 4.42 Å². The van der Waals surface area contributed by atoms with Crippen LogP contribution in [0.1, 0.15) is 5.56 Å². The molecule has 2 aromatic carbocycles. The summed E-state index contributed by atoms with van der Waals surface area (Å²) in [5.41, 5.74) is 3.01. The highest BCUT2D eigenvalue weighted by Crippen LogP contribution is 2.22.